The van der Waals surface area contributed by atoms with Gasteiger partial charge in [-0.1, -0.05) is 0 Å². The maximum atomic E-state index is 12.3. The summed E-state index contributed by atoms with van der Waals surface area (Å²) in [5, 5.41) is 8.38. The quantitative estimate of drug-likeness (QED) is 0.862. The van der Waals surface area contributed by atoms with Crippen molar-refractivity contribution < 1.29 is 9.59 Å². The molecule has 2 N–H and O–H groups in total. The van der Waals surface area contributed by atoms with Gasteiger partial charge in [-0.05, 0) is 42.8 Å². The van der Waals surface area contributed by atoms with Crippen LogP contribution in [0.3, 0.4) is 0 Å². The van der Waals surface area contributed by atoms with Crippen molar-refractivity contribution in [1.82, 2.24) is 15.5 Å². The van der Waals surface area contributed by atoms with Gasteiger partial charge in [0.1, 0.15) is 0 Å². The topological polar surface area (TPSA) is 61.4 Å². The van der Waals surface area contributed by atoms with E-state index in [-0.39, 0.29) is 30.3 Å². The first kappa shape index (κ1) is 18.2. The van der Waals surface area contributed by atoms with E-state index in [9.17, 15) is 9.59 Å². The molecule has 1 saturated heterocycles. The second-order valence-electron chi connectivity index (χ2n) is 6.05. The standard InChI is InChI=1S/C16H23N3O2S.ClH/c20-15(18-13-2-1-7-17-10-13)3-4-16(21)19-8-5-14-12(11-19)6-9-22-14;/h6,9,13,17H,1-5,7-8,10-11H2,(H,18,20);1H/t13-;/m0./s1. The average Bonchev–Trinajstić information content (AvgIpc) is 3.01. The summed E-state index contributed by atoms with van der Waals surface area (Å²) in [6.45, 7) is 3.35. The van der Waals surface area contributed by atoms with Crippen molar-refractivity contribution in [2.75, 3.05) is 19.6 Å². The number of hydrogen-bond donors (Lipinski definition) is 2. The van der Waals surface area contributed by atoms with Crippen molar-refractivity contribution in [1.29, 1.82) is 0 Å². The van der Waals surface area contributed by atoms with E-state index in [4.69, 9.17) is 0 Å². The Hall–Kier alpha value is -1.11. The zero-order chi connectivity index (χ0) is 15.4. The van der Waals surface area contributed by atoms with Gasteiger partial charge < -0.3 is 15.5 Å². The molecule has 128 valence electrons. The first-order valence-corrected chi connectivity index (χ1v) is 8.93. The van der Waals surface area contributed by atoms with Crippen molar-refractivity contribution in [2.45, 2.75) is 44.7 Å². The number of amides is 2. The van der Waals surface area contributed by atoms with E-state index in [0.29, 0.717) is 19.4 Å². The summed E-state index contributed by atoms with van der Waals surface area (Å²) in [6, 6.07) is 2.32. The van der Waals surface area contributed by atoms with Crippen LogP contribution in [0.4, 0.5) is 0 Å². The number of carbonyl (C=O) groups excluding carboxylic acids is 2. The van der Waals surface area contributed by atoms with Gasteiger partial charge in [0.25, 0.3) is 0 Å². The van der Waals surface area contributed by atoms with Gasteiger partial charge in [-0.3, -0.25) is 9.59 Å². The number of thiophene rings is 1. The first-order chi connectivity index (χ1) is 10.7. The smallest absolute Gasteiger partial charge is 0.223 e. The summed E-state index contributed by atoms with van der Waals surface area (Å²) in [5.41, 5.74) is 1.27. The largest absolute Gasteiger partial charge is 0.352 e. The molecule has 0 aliphatic carbocycles. The maximum absolute atomic E-state index is 12.3. The molecule has 1 atom stereocenters. The molecule has 3 rings (SSSR count). The second-order valence-corrected chi connectivity index (χ2v) is 7.05. The van der Waals surface area contributed by atoms with Gasteiger partial charge in [0, 0.05) is 43.4 Å². The van der Waals surface area contributed by atoms with E-state index in [1.54, 1.807) is 11.3 Å². The van der Waals surface area contributed by atoms with E-state index >= 15 is 0 Å². The van der Waals surface area contributed by atoms with Crippen molar-refractivity contribution in [3.8, 4) is 0 Å². The molecule has 1 fully saturated rings. The third-order valence-corrected chi connectivity index (χ3v) is 5.41. The predicted molar refractivity (Wildman–Crippen MR) is 94.0 cm³/mol. The van der Waals surface area contributed by atoms with Crippen LogP contribution in [0.2, 0.25) is 0 Å². The van der Waals surface area contributed by atoms with Gasteiger partial charge >= 0.3 is 0 Å². The predicted octanol–water partition coefficient (Wildman–Crippen LogP) is 1.70. The third-order valence-electron chi connectivity index (χ3n) is 4.39. The number of nitrogens with zero attached hydrogens (tertiary/aromatic N) is 1. The van der Waals surface area contributed by atoms with Crippen LogP contribution in [-0.4, -0.2) is 42.4 Å². The molecule has 7 heteroatoms. The first-order valence-electron chi connectivity index (χ1n) is 8.05. The lowest BCUT2D eigenvalue weighted by Crippen LogP contribution is -2.45. The lowest BCUT2D eigenvalue weighted by Gasteiger charge is -2.27. The van der Waals surface area contributed by atoms with Gasteiger partial charge in [-0.2, -0.15) is 0 Å². The lowest BCUT2D eigenvalue weighted by molar-refractivity contribution is -0.134. The Labute approximate surface area is 147 Å². The molecule has 2 amide bonds. The molecule has 0 saturated carbocycles. The molecule has 0 bridgehead atoms. The third kappa shape index (κ3) is 4.93. The molecular weight excluding hydrogens is 334 g/mol. The summed E-state index contributed by atoms with van der Waals surface area (Å²) in [5.74, 6) is 0.0871. The molecule has 0 radical (unpaired) electrons. The molecule has 3 heterocycles. The summed E-state index contributed by atoms with van der Waals surface area (Å²) < 4.78 is 0. The average molecular weight is 358 g/mol. The second kappa shape index (κ2) is 8.66. The fraction of sp³-hybridized carbons (Fsp3) is 0.625. The van der Waals surface area contributed by atoms with Crippen LogP contribution in [0.25, 0.3) is 0 Å². The van der Waals surface area contributed by atoms with Crippen LogP contribution in [0.15, 0.2) is 11.4 Å². The van der Waals surface area contributed by atoms with Crippen LogP contribution in [-0.2, 0) is 22.6 Å². The van der Waals surface area contributed by atoms with Crippen LogP contribution in [0, 0.1) is 0 Å². The van der Waals surface area contributed by atoms with Gasteiger partial charge in [-0.25, -0.2) is 0 Å². The Morgan fingerprint density at radius 1 is 1.39 bits per heavy atom. The highest BCUT2D eigenvalue weighted by Gasteiger charge is 2.22. The zero-order valence-corrected chi connectivity index (χ0v) is 14.8. The molecule has 23 heavy (non-hydrogen) atoms. The molecular formula is C16H24ClN3O2S. The van der Waals surface area contributed by atoms with Crippen LogP contribution >= 0.6 is 23.7 Å². The normalized spacial score (nSPS) is 20.3. The SMILES string of the molecule is Cl.O=C(CCC(=O)N1CCc2sccc2C1)N[C@H]1CCCNC1. The monoisotopic (exact) mass is 357 g/mol. The fourth-order valence-corrected chi connectivity index (χ4v) is 4.00. The summed E-state index contributed by atoms with van der Waals surface area (Å²) >= 11 is 1.77. The number of carbonyl (C=O) groups is 2. The Bertz CT molecular complexity index is 543. The Kier molecular flexibility index (Phi) is 6.87. The van der Waals surface area contributed by atoms with Crippen molar-refractivity contribution in [3.63, 3.8) is 0 Å². The Balaban J connectivity index is 0.00000192. The highest BCUT2D eigenvalue weighted by atomic mass is 35.5. The molecule has 0 unspecified atom stereocenters. The molecule has 5 nitrogen and oxygen atoms in total. The van der Waals surface area contributed by atoms with Crippen molar-refractivity contribution >= 4 is 35.6 Å². The number of hydrogen-bond acceptors (Lipinski definition) is 4. The number of halogens is 1. The summed E-state index contributed by atoms with van der Waals surface area (Å²) in [6.07, 6.45) is 3.67. The van der Waals surface area contributed by atoms with Gasteiger partial charge in [0.05, 0.1) is 0 Å². The highest BCUT2D eigenvalue weighted by molar-refractivity contribution is 7.10. The number of piperidine rings is 1. The van der Waals surface area contributed by atoms with Crippen molar-refractivity contribution in [2.24, 2.45) is 0 Å². The molecule has 1 aromatic rings. The molecule has 0 aromatic carbocycles. The minimum atomic E-state index is -0.00437. The van der Waals surface area contributed by atoms with E-state index in [1.807, 2.05) is 4.90 Å². The summed E-state index contributed by atoms with van der Waals surface area (Å²) in [7, 11) is 0. The van der Waals surface area contributed by atoms with Gasteiger partial charge in [0.2, 0.25) is 11.8 Å². The molecule has 0 spiro atoms. The number of rotatable bonds is 4. The van der Waals surface area contributed by atoms with E-state index < -0.39 is 0 Å². The Morgan fingerprint density at radius 2 is 2.26 bits per heavy atom. The fourth-order valence-electron chi connectivity index (χ4n) is 3.11. The summed E-state index contributed by atoms with van der Waals surface area (Å²) in [4.78, 5) is 27.5. The lowest BCUT2D eigenvalue weighted by atomic mass is 10.1. The Morgan fingerprint density at radius 3 is 3.04 bits per heavy atom. The van der Waals surface area contributed by atoms with Crippen molar-refractivity contribution in [3.05, 3.63) is 21.9 Å². The number of fused-ring (bicyclic) bond motifs is 1. The van der Waals surface area contributed by atoms with E-state index in [2.05, 4.69) is 22.1 Å². The molecule has 2 aliphatic heterocycles. The van der Waals surface area contributed by atoms with Crippen LogP contribution in [0.5, 0.6) is 0 Å². The minimum absolute atomic E-state index is 0. The van der Waals surface area contributed by atoms with Crippen LogP contribution in [0.1, 0.15) is 36.1 Å². The minimum Gasteiger partial charge on any atom is -0.352 e. The molecule has 1 aromatic heterocycles. The zero-order valence-electron chi connectivity index (χ0n) is 13.2. The van der Waals surface area contributed by atoms with Gasteiger partial charge in [-0.15, -0.1) is 23.7 Å². The van der Waals surface area contributed by atoms with E-state index in [1.165, 1.54) is 10.4 Å². The van der Waals surface area contributed by atoms with Gasteiger partial charge in [0.15, 0.2) is 0 Å². The van der Waals surface area contributed by atoms with Crippen LogP contribution < -0.4 is 10.6 Å². The van der Waals surface area contributed by atoms with E-state index in [0.717, 1.165) is 38.9 Å². The highest BCUT2D eigenvalue weighted by Crippen LogP contribution is 2.24. The maximum Gasteiger partial charge on any atom is 0.223 e. The molecule has 2 aliphatic rings. The number of nitrogens with one attached hydrogen (secondary N) is 2.